The van der Waals surface area contributed by atoms with Gasteiger partial charge in [-0.15, -0.1) is 0 Å². The highest BCUT2D eigenvalue weighted by Crippen LogP contribution is 2.21. The zero-order chi connectivity index (χ0) is 10.8. The monoisotopic (exact) mass is 203 g/mol. The number of aldehydes is 1. The number of benzene rings is 1. The fourth-order valence-electron chi connectivity index (χ4n) is 1.37. The number of rotatable bonds is 2. The molecule has 76 valence electrons. The standard InChI is InChI=1S/C10H9N3O2/c1-15-6-2-3-7-8(4-6)12-10(11)13-9(7)5-14/h2-5H,1H3,(H2,11,12,13). The van der Waals surface area contributed by atoms with E-state index >= 15 is 0 Å². The second-order valence-electron chi connectivity index (χ2n) is 2.97. The summed E-state index contributed by atoms with van der Waals surface area (Å²) in [6.45, 7) is 0. The van der Waals surface area contributed by atoms with E-state index in [9.17, 15) is 4.79 Å². The Bertz CT molecular complexity index is 525. The predicted octanol–water partition coefficient (Wildman–Crippen LogP) is 1.03. The minimum Gasteiger partial charge on any atom is -0.497 e. The number of nitrogens with two attached hydrogens (primary N) is 1. The minimum atomic E-state index is 0.0813. The summed E-state index contributed by atoms with van der Waals surface area (Å²) >= 11 is 0. The number of nitrogen functional groups attached to an aromatic ring is 1. The van der Waals surface area contributed by atoms with Gasteiger partial charge in [-0.25, -0.2) is 9.97 Å². The predicted molar refractivity (Wildman–Crippen MR) is 55.9 cm³/mol. The van der Waals surface area contributed by atoms with Crippen LogP contribution in [0.2, 0.25) is 0 Å². The van der Waals surface area contributed by atoms with Gasteiger partial charge in [0.05, 0.1) is 12.6 Å². The van der Waals surface area contributed by atoms with Crippen molar-refractivity contribution < 1.29 is 9.53 Å². The zero-order valence-corrected chi connectivity index (χ0v) is 8.10. The van der Waals surface area contributed by atoms with Crippen LogP contribution < -0.4 is 10.5 Å². The molecule has 15 heavy (non-hydrogen) atoms. The molecule has 1 heterocycles. The van der Waals surface area contributed by atoms with Crippen molar-refractivity contribution in [2.45, 2.75) is 0 Å². The lowest BCUT2D eigenvalue weighted by atomic mass is 10.2. The third-order valence-corrected chi connectivity index (χ3v) is 2.06. The van der Waals surface area contributed by atoms with Crippen molar-refractivity contribution in [1.29, 1.82) is 0 Å². The minimum absolute atomic E-state index is 0.0813. The number of hydrogen-bond acceptors (Lipinski definition) is 5. The van der Waals surface area contributed by atoms with Gasteiger partial charge in [-0.05, 0) is 12.1 Å². The summed E-state index contributed by atoms with van der Waals surface area (Å²) in [4.78, 5) is 18.6. The summed E-state index contributed by atoms with van der Waals surface area (Å²) in [7, 11) is 1.56. The lowest BCUT2D eigenvalue weighted by molar-refractivity contribution is 0.112. The van der Waals surface area contributed by atoms with Crippen LogP contribution in [0.25, 0.3) is 10.9 Å². The fourth-order valence-corrected chi connectivity index (χ4v) is 1.37. The van der Waals surface area contributed by atoms with Crippen molar-refractivity contribution in [3.63, 3.8) is 0 Å². The molecule has 0 atom stereocenters. The Balaban J connectivity index is 2.77. The van der Waals surface area contributed by atoms with E-state index in [2.05, 4.69) is 9.97 Å². The molecule has 1 aromatic heterocycles. The Morgan fingerprint density at radius 1 is 1.40 bits per heavy atom. The highest BCUT2D eigenvalue weighted by molar-refractivity contribution is 5.95. The van der Waals surface area contributed by atoms with Crippen molar-refractivity contribution in [3.05, 3.63) is 23.9 Å². The number of methoxy groups -OCH3 is 1. The molecule has 0 amide bonds. The number of carbonyl (C=O) groups excluding carboxylic acids is 1. The smallest absolute Gasteiger partial charge is 0.221 e. The summed E-state index contributed by atoms with van der Waals surface area (Å²) < 4.78 is 5.05. The van der Waals surface area contributed by atoms with Gasteiger partial charge in [0, 0.05) is 11.5 Å². The van der Waals surface area contributed by atoms with Gasteiger partial charge in [-0.1, -0.05) is 0 Å². The first-order valence-electron chi connectivity index (χ1n) is 4.31. The zero-order valence-electron chi connectivity index (χ0n) is 8.10. The average molecular weight is 203 g/mol. The molecule has 0 aliphatic heterocycles. The molecular weight excluding hydrogens is 194 g/mol. The average Bonchev–Trinajstić information content (AvgIpc) is 2.26. The van der Waals surface area contributed by atoms with Gasteiger partial charge in [0.15, 0.2) is 6.29 Å². The Morgan fingerprint density at radius 3 is 2.87 bits per heavy atom. The number of nitrogens with zero attached hydrogens (tertiary/aromatic N) is 2. The topological polar surface area (TPSA) is 78.1 Å². The number of anilines is 1. The molecular formula is C10H9N3O2. The molecule has 2 N–H and O–H groups in total. The van der Waals surface area contributed by atoms with Gasteiger partial charge in [0.2, 0.25) is 5.95 Å². The molecule has 1 aromatic carbocycles. The van der Waals surface area contributed by atoms with Crippen LogP contribution in [0.4, 0.5) is 5.95 Å². The van der Waals surface area contributed by atoms with Crippen LogP contribution in [0.15, 0.2) is 18.2 Å². The van der Waals surface area contributed by atoms with Crippen molar-refractivity contribution in [2.24, 2.45) is 0 Å². The molecule has 2 rings (SSSR count). The van der Waals surface area contributed by atoms with Crippen LogP contribution in [0.1, 0.15) is 10.5 Å². The number of hydrogen-bond donors (Lipinski definition) is 1. The fraction of sp³-hybridized carbons (Fsp3) is 0.100. The van der Waals surface area contributed by atoms with Crippen molar-refractivity contribution in [1.82, 2.24) is 9.97 Å². The lowest BCUT2D eigenvalue weighted by Crippen LogP contribution is -2.00. The van der Waals surface area contributed by atoms with Crippen LogP contribution >= 0.6 is 0 Å². The molecule has 0 fully saturated rings. The maximum absolute atomic E-state index is 10.8. The van der Waals surface area contributed by atoms with Gasteiger partial charge in [0.1, 0.15) is 11.4 Å². The summed E-state index contributed by atoms with van der Waals surface area (Å²) in [5, 5.41) is 0.667. The molecule has 0 saturated carbocycles. The normalized spacial score (nSPS) is 10.2. The maximum atomic E-state index is 10.8. The van der Waals surface area contributed by atoms with E-state index in [1.807, 2.05) is 0 Å². The van der Waals surface area contributed by atoms with Crippen LogP contribution in [0, 0.1) is 0 Å². The molecule has 0 aliphatic rings. The first-order valence-corrected chi connectivity index (χ1v) is 4.31. The lowest BCUT2D eigenvalue weighted by Gasteiger charge is -2.03. The van der Waals surface area contributed by atoms with Crippen molar-refractivity contribution >= 4 is 23.1 Å². The number of aromatic nitrogens is 2. The largest absolute Gasteiger partial charge is 0.497 e. The molecule has 0 aliphatic carbocycles. The van der Waals surface area contributed by atoms with Gasteiger partial charge in [0.25, 0.3) is 0 Å². The van der Waals surface area contributed by atoms with Gasteiger partial charge >= 0.3 is 0 Å². The maximum Gasteiger partial charge on any atom is 0.221 e. The molecule has 2 aromatic rings. The first-order chi connectivity index (χ1) is 7.24. The van der Waals surface area contributed by atoms with Crippen LogP contribution in [-0.2, 0) is 0 Å². The van der Waals surface area contributed by atoms with Crippen LogP contribution in [-0.4, -0.2) is 23.4 Å². The molecule has 0 saturated heterocycles. The van der Waals surface area contributed by atoms with E-state index in [0.29, 0.717) is 28.6 Å². The number of ether oxygens (including phenoxy) is 1. The Morgan fingerprint density at radius 2 is 2.20 bits per heavy atom. The second kappa shape index (κ2) is 3.53. The van der Waals surface area contributed by atoms with Crippen LogP contribution in [0.3, 0.4) is 0 Å². The Hall–Kier alpha value is -2.17. The van der Waals surface area contributed by atoms with E-state index in [0.717, 1.165) is 0 Å². The quantitative estimate of drug-likeness (QED) is 0.737. The van der Waals surface area contributed by atoms with E-state index in [-0.39, 0.29) is 5.95 Å². The molecule has 0 unspecified atom stereocenters. The second-order valence-corrected chi connectivity index (χ2v) is 2.97. The van der Waals surface area contributed by atoms with E-state index in [4.69, 9.17) is 10.5 Å². The third kappa shape index (κ3) is 1.59. The SMILES string of the molecule is COc1ccc2c(C=O)nc(N)nc2c1. The highest BCUT2D eigenvalue weighted by atomic mass is 16.5. The van der Waals surface area contributed by atoms with Gasteiger partial charge in [-0.3, -0.25) is 4.79 Å². The molecule has 0 bridgehead atoms. The van der Waals surface area contributed by atoms with Gasteiger partial charge < -0.3 is 10.5 Å². The van der Waals surface area contributed by atoms with Gasteiger partial charge in [-0.2, -0.15) is 0 Å². The van der Waals surface area contributed by atoms with Crippen molar-refractivity contribution in [2.75, 3.05) is 12.8 Å². The summed E-state index contributed by atoms with van der Waals surface area (Å²) in [6, 6.07) is 5.19. The van der Waals surface area contributed by atoms with E-state index < -0.39 is 0 Å². The number of fused-ring (bicyclic) bond motifs is 1. The molecule has 5 nitrogen and oxygen atoms in total. The summed E-state index contributed by atoms with van der Waals surface area (Å²) in [6.07, 6.45) is 0.660. The van der Waals surface area contributed by atoms with Crippen LogP contribution in [0.5, 0.6) is 5.75 Å². The highest BCUT2D eigenvalue weighted by Gasteiger charge is 2.05. The summed E-state index contributed by atoms with van der Waals surface area (Å²) in [5.74, 6) is 0.746. The number of carbonyl (C=O) groups is 1. The summed E-state index contributed by atoms with van der Waals surface area (Å²) in [5.41, 5.74) is 6.36. The molecule has 0 radical (unpaired) electrons. The molecule has 0 spiro atoms. The third-order valence-electron chi connectivity index (χ3n) is 2.06. The van der Waals surface area contributed by atoms with E-state index in [1.165, 1.54) is 0 Å². The molecule has 5 heteroatoms. The van der Waals surface area contributed by atoms with Crippen molar-refractivity contribution in [3.8, 4) is 5.75 Å². The Kier molecular flexibility index (Phi) is 2.21. The van der Waals surface area contributed by atoms with E-state index in [1.54, 1.807) is 25.3 Å². The first kappa shape index (κ1) is 9.39. The Labute approximate surface area is 85.9 Å².